The Balaban J connectivity index is 2.02. The SMILES string of the molecule is CC(Oc1cccc(C(C)(C)C)c1)C(=O)N1CCCCC1. The molecule has 1 amide bonds. The first-order chi connectivity index (χ1) is 9.88. The molecule has 0 radical (unpaired) electrons. The molecule has 3 heteroatoms. The molecule has 1 aliphatic heterocycles. The Morgan fingerprint density at radius 2 is 1.86 bits per heavy atom. The van der Waals surface area contributed by atoms with Crippen molar-refractivity contribution in [3.05, 3.63) is 29.8 Å². The third-order valence-electron chi connectivity index (χ3n) is 4.03. The Bertz CT molecular complexity index is 484. The molecule has 0 aliphatic carbocycles. The number of piperidine rings is 1. The van der Waals surface area contributed by atoms with E-state index in [9.17, 15) is 4.79 Å². The lowest BCUT2D eigenvalue weighted by Gasteiger charge is -2.29. The minimum Gasteiger partial charge on any atom is -0.481 e. The van der Waals surface area contributed by atoms with Crippen molar-refractivity contribution in [1.29, 1.82) is 0 Å². The quantitative estimate of drug-likeness (QED) is 0.848. The van der Waals surface area contributed by atoms with Gasteiger partial charge in [-0.05, 0) is 49.3 Å². The van der Waals surface area contributed by atoms with Crippen molar-refractivity contribution in [3.63, 3.8) is 0 Å². The van der Waals surface area contributed by atoms with E-state index < -0.39 is 6.10 Å². The van der Waals surface area contributed by atoms with Crippen LogP contribution in [0.15, 0.2) is 24.3 Å². The van der Waals surface area contributed by atoms with Gasteiger partial charge in [-0.3, -0.25) is 4.79 Å². The van der Waals surface area contributed by atoms with Gasteiger partial charge in [0.05, 0.1) is 0 Å². The Labute approximate surface area is 128 Å². The molecule has 1 saturated heterocycles. The normalized spacial score (nSPS) is 17.4. The predicted octanol–water partition coefficient (Wildman–Crippen LogP) is 3.76. The second kappa shape index (κ2) is 6.50. The molecule has 1 aromatic carbocycles. The smallest absolute Gasteiger partial charge is 0.263 e. The van der Waals surface area contributed by atoms with Gasteiger partial charge < -0.3 is 9.64 Å². The average Bonchev–Trinajstić information content (AvgIpc) is 2.47. The summed E-state index contributed by atoms with van der Waals surface area (Å²) in [6.07, 6.45) is 3.03. The van der Waals surface area contributed by atoms with E-state index in [0.29, 0.717) is 0 Å². The second-order valence-electron chi connectivity index (χ2n) is 6.92. The minimum absolute atomic E-state index is 0.0828. The van der Waals surface area contributed by atoms with Crippen LogP contribution in [0.25, 0.3) is 0 Å². The number of carbonyl (C=O) groups is 1. The molecular formula is C18H27NO2. The standard InChI is InChI=1S/C18H27NO2/c1-14(17(20)19-11-6-5-7-12-19)21-16-10-8-9-15(13-16)18(2,3)4/h8-10,13-14H,5-7,11-12H2,1-4H3. The van der Waals surface area contributed by atoms with E-state index in [4.69, 9.17) is 4.74 Å². The summed E-state index contributed by atoms with van der Waals surface area (Å²) in [5.74, 6) is 0.885. The summed E-state index contributed by atoms with van der Waals surface area (Å²) in [5, 5.41) is 0. The van der Waals surface area contributed by atoms with Crippen LogP contribution in [0.2, 0.25) is 0 Å². The number of hydrogen-bond donors (Lipinski definition) is 0. The van der Waals surface area contributed by atoms with Crippen LogP contribution in [0.1, 0.15) is 52.5 Å². The molecule has 0 bridgehead atoms. The number of carbonyl (C=O) groups excluding carboxylic acids is 1. The highest BCUT2D eigenvalue weighted by Gasteiger charge is 2.23. The molecule has 1 aliphatic rings. The van der Waals surface area contributed by atoms with E-state index in [2.05, 4.69) is 26.8 Å². The van der Waals surface area contributed by atoms with Crippen LogP contribution < -0.4 is 4.74 Å². The van der Waals surface area contributed by atoms with E-state index in [0.717, 1.165) is 31.7 Å². The average molecular weight is 289 g/mol. The minimum atomic E-state index is -0.418. The second-order valence-corrected chi connectivity index (χ2v) is 6.92. The zero-order valence-corrected chi connectivity index (χ0v) is 13.7. The Morgan fingerprint density at radius 1 is 1.19 bits per heavy atom. The van der Waals surface area contributed by atoms with E-state index >= 15 is 0 Å². The summed E-state index contributed by atoms with van der Waals surface area (Å²) < 4.78 is 5.87. The Hall–Kier alpha value is -1.51. The molecule has 1 atom stereocenters. The van der Waals surface area contributed by atoms with E-state index in [1.54, 1.807) is 0 Å². The maximum absolute atomic E-state index is 12.4. The van der Waals surface area contributed by atoms with E-state index in [-0.39, 0.29) is 11.3 Å². The lowest BCUT2D eigenvalue weighted by molar-refractivity contribution is -0.138. The first-order valence-corrected chi connectivity index (χ1v) is 7.94. The van der Waals surface area contributed by atoms with Crippen LogP contribution >= 0.6 is 0 Å². The molecule has 0 saturated carbocycles. The molecule has 0 N–H and O–H groups in total. The lowest BCUT2D eigenvalue weighted by Crippen LogP contribution is -2.43. The molecule has 3 nitrogen and oxygen atoms in total. The molecule has 1 unspecified atom stereocenters. The van der Waals surface area contributed by atoms with Crippen molar-refractivity contribution in [1.82, 2.24) is 4.90 Å². The summed E-state index contributed by atoms with van der Waals surface area (Å²) in [7, 11) is 0. The van der Waals surface area contributed by atoms with Crippen LogP contribution in [0.5, 0.6) is 5.75 Å². The monoisotopic (exact) mass is 289 g/mol. The van der Waals surface area contributed by atoms with Crippen molar-refractivity contribution in [2.24, 2.45) is 0 Å². The molecule has 0 aromatic heterocycles. The zero-order chi connectivity index (χ0) is 15.5. The first kappa shape index (κ1) is 15.9. The van der Waals surface area contributed by atoms with Crippen LogP contribution in [0.3, 0.4) is 0 Å². The van der Waals surface area contributed by atoms with E-state index in [1.165, 1.54) is 12.0 Å². The van der Waals surface area contributed by atoms with Crippen molar-refractivity contribution >= 4 is 5.91 Å². The number of benzene rings is 1. The number of nitrogens with zero attached hydrogens (tertiary/aromatic N) is 1. The largest absolute Gasteiger partial charge is 0.481 e. The van der Waals surface area contributed by atoms with Crippen molar-refractivity contribution < 1.29 is 9.53 Å². The van der Waals surface area contributed by atoms with Crippen molar-refractivity contribution in [2.45, 2.75) is 58.5 Å². The maximum Gasteiger partial charge on any atom is 0.263 e. The summed E-state index contributed by atoms with van der Waals surface area (Å²) in [6.45, 7) is 10.1. The highest BCUT2D eigenvalue weighted by atomic mass is 16.5. The molecule has 1 heterocycles. The van der Waals surface area contributed by atoms with Crippen molar-refractivity contribution in [2.75, 3.05) is 13.1 Å². The van der Waals surface area contributed by atoms with Gasteiger partial charge in [0, 0.05) is 13.1 Å². The van der Waals surface area contributed by atoms with Gasteiger partial charge in [0.15, 0.2) is 6.10 Å². The van der Waals surface area contributed by atoms with Gasteiger partial charge in [-0.2, -0.15) is 0 Å². The van der Waals surface area contributed by atoms with Gasteiger partial charge >= 0.3 is 0 Å². The predicted molar refractivity (Wildman–Crippen MR) is 85.7 cm³/mol. The molecule has 2 rings (SSSR count). The number of hydrogen-bond acceptors (Lipinski definition) is 2. The summed E-state index contributed by atoms with van der Waals surface area (Å²) in [6, 6.07) is 8.06. The third kappa shape index (κ3) is 4.23. The number of ether oxygens (including phenoxy) is 1. The highest BCUT2D eigenvalue weighted by Crippen LogP contribution is 2.26. The molecule has 0 spiro atoms. The number of likely N-dealkylation sites (tertiary alicyclic amines) is 1. The van der Waals surface area contributed by atoms with Crippen molar-refractivity contribution in [3.8, 4) is 5.75 Å². The van der Waals surface area contributed by atoms with Crippen LogP contribution in [-0.4, -0.2) is 30.0 Å². The summed E-state index contributed by atoms with van der Waals surface area (Å²) in [4.78, 5) is 14.3. The van der Waals surface area contributed by atoms with Gasteiger partial charge in [-0.25, -0.2) is 0 Å². The fourth-order valence-corrected chi connectivity index (χ4v) is 2.66. The van der Waals surface area contributed by atoms with Crippen LogP contribution in [-0.2, 0) is 10.2 Å². The topological polar surface area (TPSA) is 29.5 Å². The van der Waals surface area contributed by atoms with Gasteiger partial charge in [0.1, 0.15) is 5.75 Å². The maximum atomic E-state index is 12.4. The highest BCUT2D eigenvalue weighted by molar-refractivity contribution is 5.81. The summed E-state index contributed by atoms with van der Waals surface area (Å²) in [5.41, 5.74) is 1.30. The number of rotatable bonds is 3. The van der Waals surface area contributed by atoms with Gasteiger partial charge in [0.2, 0.25) is 0 Å². The zero-order valence-electron chi connectivity index (χ0n) is 13.7. The molecule has 1 aromatic rings. The van der Waals surface area contributed by atoms with Gasteiger partial charge in [-0.15, -0.1) is 0 Å². The Kier molecular flexibility index (Phi) is 4.92. The summed E-state index contributed by atoms with van der Waals surface area (Å²) >= 11 is 0. The molecule has 1 fully saturated rings. The fraction of sp³-hybridized carbons (Fsp3) is 0.611. The molecule has 116 valence electrons. The Morgan fingerprint density at radius 3 is 2.48 bits per heavy atom. The molecule has 21 heavy (non-hydrogen) atoms. The van der Waals surface area contributed by atoms with Crippen LogP contribution in [0, 0.1) is 0 Å². The lowest BCUT2D eigenvalue weighted by atomic mass is 9.87. The van der Waals surface area contributed by atoms with Gasteiger partial charge in [0.25, 0.3) is 5.91 Å². The first-order valence-electron chi connectivity index (χ1n) is 7.94. The van der Waals surface area contributed by atoms with E-state index in [1.807, 2.05) is 30.0 Å². The van der Waals surface area contributed by atoms with Crippen LogP contribution in [0.4, 0.5) is 0 Å². The molecular weight excluding hydrogens is 262 g/mol. The van der Waals surface area contributed by atoms with Gasteiger partial charge in [-0.1, -0.05) is 32.9 Å². The third-order valence-corrected chi connectivity index (χ3v) is 4.03. The fourth-order valence-electron chi connectivity index (χ4n) is 2.66. The number of amides is 1.